The molecule has 8 heteroatoms. The van der Waals surface area contributed by atoms with Crippen molar-refractivity contribution >= 4 is 28.8 Å². The van der Waals surface area contributed by atoms with Crippen LogP contribution >= 0.6 is 11.3 Å². The Bertz CT molecular complexity index is 812. The number of aliphatic imine (C=N–C) groups is 1. The van der Waals surface area contributed by atoms with Gasteiger partial charge in [-0.3, -0.25) is 4.79 Å². The predicted octanol–water partition coefficient (Wildman–Crippen LogP) is 2.05. The van der Waals surface area contributed by atoms with E-state index >= 15 is 0 Å². The zero-order chi connectivity index (χ0) is 16.7. The van der Waals surface area contributed by atoms with E-state index < -0.39 is 5.66 Å². The number of fused-ring (bicyclic) bond motifs is 1. The average molecular weight is 345 g/mol. The molecule has 6 nitrogen and oxygen atoms in total. The summed E-state index contributed by atoms with van der Waals surface area (Å²) in [6.07, 6.45) is 2.85. The summed E-state index contributed by atoms with van der Waals surface area (Å²) in [7, 11) is 0. The summed E-state index contributed by atoms with van der Waals surface area (Å²) >= 11 is 1.34. The first-order valence-corrected chi connectivity index (χ1v) is 8.57. The van der Waals surface area contributed by atoms with E-state index in [1.54, 1.807) is 28.6 Å². The van der Waals surface area contributed by atoms with E-state index in [9.17, 15) is 9.18 Å². The van der Waals surface area contributed by atoms with Crippen LogP contribution in [0.3, 0.4) is 0 Å². The molecule has 0 bridgehead atoms. The minimum Gasteiger partial charge on any atom is -0.383 e. The van der Waals surface area contributed by atoms with Crippen LogP contribution in [0.15, 0.2) is 34.8 Å². The van der Waals surface area contributed by atoms with Crippen molar-refractivity contribution in [2.45, 2.75) is 18.5 Å². The molecule has 1 amide bonds. The van der Waals surface area contributed by atoms with Gasteiger partial charge in [0.05, 0.1) is 5.56 Å². The van der Waals surface area contributed by atoms with E-state index in [0.29, 0.717) is 42.2 Å². The number of amidine groups is 1. The van der Waals surface area contributed by atoms with E-state index in [2.05, 4.69) is 15.3 Å². The predicted molar refractivity (Wildman–Crippen MR) is 90.7 cm³/mol. The van der Waals surface area contributed by atoms with E-state index in [1.165, 1.54) is 17.4 Å². The molecule has 1 spiro atoms. The Hall–Kier alpha value is -2.48. The van der Waals surface area contributed by atoms with Gasteiger partial charge < -0.3 is 16.0 Å². The molecule has 2 aliphatic rings. The lowest BCUT2D eigenvalue weighted by Gasteiger charge is -2.42. The number of amides is 1. The van der Waals surface area contributed by atoms with Crippen molar-refractivity contribution in [3.8, 4) is 0 Å². The first kappa shape index (κ1) is 15.1. The number of anilines is 1. The molecule has 2 aromatic rings. The highest BCUT2D eigenvalue weighted by Gasteiger charge is 2.39. The van der Waals surface area contributed by atoms with Crippen LogP contribution in [-0.2, 0) is 0 Å². The fourth-order valence-electron chi connectivity index (χ4n) is 3.23. The molecule has 3 N–H and O–H groups in total. The summed E-state index contributed by atoms with van der Waals surface area (Å²) in [5, 5.41) is 5.61. The van der Waals surface area contributed by atoms with Gasteiger partial charge in [-0.05, 0) is 12.1 Å². The molecular formula is C16H16FN5OS. The third kappa shape index (κ3) is 2.43. The maximum atomic E-state index is 13.9. The number of carbonyl (C=O) groups is 1. The van der Waals surface area contributed by atoms with Crippen LogP contribution in [0.2, 0.25) is 0 Å². The number of aromatic nitrogens is 1. The molecular weight excluding hydrogens is 329 g/mol. The van der Waals surface area contributed by atoms with Gasteiger partial charge in [-0.2, -0.15) is 0 Å². The number of hydrogen-bond acceptors (Lipinski definition) is 6. The maximum Gasteiger partial charge on any atom is 0.282 e. The van der Waals surface area contributed by atoms with E-state index in [1.807, 2.05) is 0 Å². The Morgan fingerprint density at radius 1 is 1.38 bits per heavy atom. The fourth-order valence-corrected chi connectivity index (χ4v) is 3.84. The molecule has 1 fully saturated rings. The molecule has 0 saturated carbocycles. The Labute approximate surface area is 142 Å². The molecule has 0 unspecified atom stereocenters. The Morgan fingerprint density at radius 3 is 2.88 bits per heavy atom. The highest BCUT2D eigenvalue weighted by Crippen LogP contribution is 2.35. The smallest absolute Gasteiger partial charge is 0.282 e. The van der Waals surface area contributed by atoms with Crippen LogP contribution in [0.1, 0.15) is 28.2 Å². The molecule has 0 atom stereocenters. The van der Waals surface area contributed by atoms with Crippen LogP contribution in [-0.4, -0.2) is 40.4 Å². The lowest BCUT2D eigenvalue weighted by molar-refractivity contribution is 0.0685. The molecule has 124 valence electrons. The SMILES string of the molecule is NC1=NC2(CCN(C(=O)c3nccs3)CC2)Nc2cccc(F)c21. The van der Waals surface area contributed by atoms with Crippen LogP contribution in [0, 0.1) is 5.82 Å². The maximum absolute atomic E-state index is 13.9. The number of piperidine rings is 1. The summed E-state index contributed by atoms with van der Waals surface area (Å²) in [6.45, 7) is 1.10. The normalized spacial score (nSPS) is 18.7. The van der Waals surface area contributed by atoms with Gasteiger partial charge in [0.2, 0.25) is 0 Å². The van der Waals surface area contributed by atoms with E-state index in [0.717, 1.165) is 0 Å². The second kappa shape index (κ2) is 5.55. The van der Waals surface area contributed by atoms with Gasteiger partial charge in [-0.15, -0.1) is 11.3 Å². The van der Waals surface area contributed by atoms with Gasteiger partial charge in [0.1, 0.15) is 17.3 Å². The number of hydrogen-bond donors (Lipinski definition) is 2. The first-order valence-electron chi connectivity index (χ1n) is 7.69. The van der Waals surface area contributed by atoms with Crippen LogP contribution in [0.5, 0.6) is 0 Å². The molecule has 24 heavy (non-hydrogen) atoms. The molecule has 0 radical (unpaired) electrons. The largest absolute Gasteiger partial charge is 0.383 e. The van der Waals surface area contributed by atoms with Gasteiger partial charge >= 0.3 is 0 Å². The number of halogens is 1. The third-order valence-electron chi connectivity index (χ3n) is 4.46. The third-order valence-corrected chi connectivity index (χ3v) is 5.23. The number of nitrogens with two attached hydrogens (primary N) is 1. The number of nitrogens with one attached hydrogen (secondary N) is 1. The lowest BCUT2D eigenvalue weighted by Crippen LogP contribution is -2.52. The first-order chi connectivity index (χ1) is 11.6. The second-order valence-electron chi connectivity index (χ2n) is 5.95. The van der Waals surface area contributed by atoms with Gasteiger partial charge in [0.25, 0.3) is 5.91 Å². The molecule has 4 rings (SSSR count). The second-order valence-corrected chi connectivity index (χ2v) is 6.84. The molecule has 1 aromatic heterocycles. The molecule has 2 aliphatic heterocycles. The summed E-state index contributed by atoms with van der Waals surface area (Å²) in [4.78, 5) is 22.8. The van der Waals surface area contributed by atoms with Crippen LogP contribution < -0.4 is 11.1 Å². The van der Waals surface area contributed by atoms with Crippen molar-refractivity contribution in [2.75, 3.05) is 18.4 Å². The van der Waals surface area contributed by atoms with Crippen molar-refractivity contribution in [3.05, 3.63) is 46.2 Å². The van der Waals surface area contributed by atoms with Gasteiger partial charge in [-0.25, -0.2) is 14.4 Å². The monoisotopic (exact) mass is 345 g/mol. The number of thiazole rings is 1. The van der Waals surface area contributed by atoms with Gasteiger partial charge in [0, 0.05) is 43.2 Å². The quantitative estimate of drug-likeness (QED) is 0.828. The zero-order valence-corrected chi connectivity index (χ0v) is 13.6. The zero-order valence-electron chi connectivity index (χ0n) is 12.8. The van der Waals surface area contributed by atoms with Crippen molar-refractivity contribution in [2.24, 2.45) is 10.7 Å². The Morgan fingerprint density at radius 2 is 2.17 bits per heavy atom. The summed E-state index contributed by atoms with van der Waals surface area (Å²) in [5.41, 5.74) is 6.40. The molecule has 3 heterocycles. The van der Waals surface area contributed by atoms with Crippen molar-refractivity contribution in [1.29, 1.82) is 0 Å². The minimum atomic E-state index is -0.579. The minimum absolute atomic E-state index is 0.0564. The number of nitrogens with zero attached hydrogens (tertiary/aromatic N) is 3. The van der Waals surface area contributed by atoms with Crippen molar-refractivity contribution in [3.63, 3.8) is 0 Å². The Balaban J connectivity index is 1.54. The number of rotatable bonds is 1. The Kier molecular flexibility index (Phi) is 3.49. The van der Waals surface area contributed by atoms with E-state index in [-0.39, 0.29) is 17.6 Å². The number of likely N-dealkylation sites (tertiary alicyclic amines) is 1. The van der Waals surface area contributed by atoms with Crippen LogP contribution in [0.4, 0.5) is 10.1 Å². The lowest BCUT2D eigenvalue weighted by atomic mass is 9.93. The standard InChI is InChI=1S/C16H16FN5OS/c17-10-2-1-3-11-12(10)13(18)21-16(20-11)4-7-22(8-5-16)15(23)14-19-6-9-24-14/h1-3,6,9,20H,4-5,7-8H2,(H2,18,21). The number of carbonyl (C=O) groups excluding carboxylic acids is 1. The summed E-state index contributed by atoms with van der Waals surface area (Å²) in [5.74, 6) is -0.229. The highest BCUT2D eigenvalue weighted by molar-refractivity contribution is 7.11. The molecule has 1 saturated heterocycles. The highest BCUT2D eigenvalue weighted by atomic mass is 32.1. The number of benzene rings is 1. The van der Waals surface area contributed by atoms with Gasteiger partial charge in [-0.1, -0.05) is 6.07 Å². The van der Waals surface area contributed by atoms with Crippen molar-refractivity contribution in [1.82, 2.24) is 9.88 Å². The van der Waals surface area contributed by atoms with Gasteiger partial charge in [0.15, 0.2) is 5.01 Å². The van der Waals surface area contributed by atoms with Crippen molar-refractivity contribution < 1.29 is 9.18 Å². The average Bonchev–Trinajstić information content (AvgIpc) is 3.09. The molecule has 0 aliphatic carbocycles. The van der Waals surface area contributed by atoms with Crippen LogP contribution in [0.25, 0.3) is 0 Å². The summed E-state index contributed by atoms with van der Waals surface area (Å²) in [6, 6.07) is 4.82. The summed E-state index contributed by atoms with van der Waals surface area (Å²) < 4.78 is 13.9. The topological polar surface area (TPSA) is 83.6 Å². The fraction of sp³-hybridized carbons (Fsp3) is 0.312. The van der Waals surface area contributed by atoms with E-state index in [4.69, 9.17) is 5.73 Å². The molecule has 1 aromatic carbocycles.